The molecule has 0 spiro atoms. The quantitative estimate of drug-likeness (QED) is 0.614. The number of fused-ring (bicyclic) bond motifs is 1. The Morgan fingerprint density at radius 2 is 2.21 bits per heavy atom. The zero-order valence-corrected chi connectivity index (χ0v) is 11.3. The Labute approximate surface area is 115 Å². The highest BCUT2D eigenvalue weighted by Gasteiger charge is 2.21. The van der Waals surface area contributed by atoms with Crippen molar-refractivity contribution in [2.24, 2.45) is 0 Å². The predicted molar refractivity (Wildman–Crippen MR) is 77.8 cm³/mol. The number of nitrogens with one attached hydrogen (secondary N) is 1. The van der Waals surface area contributed by atoms with Crippen LogP contribution < -0.4 is 5.32 Å². The van der Waals surface area contributed by atoms with E-state index in [-0.39, 0.29) is 5.91 Å². The fourth-order valence-electron chi connectivity index (χ4n) is 2.70. The van der Waals surface area contributed by atoms with E-state index in [1.54, 1.807) is 0 Å². The van der Waals surface area contributed by atoms with Crippen molar-refractivity contribution < 1.29 is 4.79 Å². The van der Waals surface area contributed by atoms with Crippen LogP contribution in [0.1, 0.15) is 49.1 Å². The average Bonchev–Trinajstić information content (AvgIpc) is 2.85. The van der Waals surface area contributed by atoms with Crippen LogP contribution in [-0.4, -0.2) is 12.5 Å². The van der Waals surface area contributed by atoms with Gasteiger partial charge in [0.25, 0.3) is 0 Å². The van der Waals surface area contributed by atoms with Crippen LogP contribution in [0.25, 0.3) is 0 Å². The molecule has 1 atom stereocenters. The molecule has 0 aliphatic heterocycles. The van der Waals surface area contributed by atoms with Gasteiger partial charge in [-0.05, 0) is 36.8 Å². The summed E-state index contributed by atoms with van der Waals surface area (Å²) in [4.78, 5) is 11.7. The molecule has 1 N–H and O–H groups in total. The molecule has 0 unspecified atom stereocenters. The van der Waals surface area contributed by atoms with Crippen molar-refractivity contribution in [2.45, 2.75) is 44.4 Å². The van der Waals surface area contributed by atoms with Gasteiger partial charge in [-0.1, -0.05) is 24.3 Å². The van der Waals surface area contributed by atoms with E-state index in [4.69, 9.17) is 6.42 Å². The summed E-state index contributed by atoms with van der Waals surface area (Å²) in [5, 5.41) is 3.05. The van der Waals surface area contributed by atoms with Gasteiger partial charge in [0.2, 0.25) is 5.91 Å². The molecule has 2 rings (SSSR count). The van der Waals surface area contributed by atoms with E-state index in [2.05, 4.69) is 35.5 Å². The van der Waals surface area contributed by atoms with Gasteiger partial charge >= 0.3 is 0 Å². The van der Waals surface area contributed by atoms with E-state index < -0.39 is 0 Å². The fourth-order valence-corrected chi connectivity index (χ4v) is 2.70. The standard InChI is InChI=1S/C17H21NO/c1-2-3-4-5-10-17(19)18-13-15-12-11-14-8-6-7-9-16(14)15/h1,6-9,15H,3-5,10-13H2,(H,18,19)/t15-/m0/s1. The minimum absolute atomic E-state index is 0.154. The van der Waals surface area contributed by atoms with Crippen LogP contribution in [0.2, 0.25) is 0 Å². The van der Waals surface area contributed by atoms with Crippen LogP contribution in [0.15, 0.2) is 24.3 Å². The van der Waals surface area contributed by atoms with Crippen molar-refractivity contribution in [3.05, 3.63) is 35.4 Å². The molecular formula is C17H21NO. The Morgan fingerprint density at radius 1 is 1.37 bits per heavy atom. The monoisotopic (exact) mass is 255 g/mol. The largest absolute Gasteiger partial charge is 0.355 e. The Balaban J connectivity index is 1.72. The van der Waals surface area contributed by atoms with Crippen molar-refractivity contribution >= 4 is 5.91 Å². The van der Waals surface area contributed by atoms with E-state index in [0.29, 0.717) is 12.3 Å². The summed E-state index contributed by atoms with van der Waals surface area (Å²) in [5.74, 6) is 3.24. The molecule has 0 fully saturated rings. The maximum Gasteiger partial charge on any atom is 0.220 e. The maximum absolute atomic E-state index is 11.7. The summed E-state index contributed by atoms with van der Waals surface area (Å²) in [6.07, 6.45) is 10.7. The van der Waals surface area contributed by atoms with Gasteiger partial charge in [-0.2, -0.15) is 0 Å². The highest BCUT2D eigenvalue weighted by Crippen LogP contribution is 2.32. The Hall–Kier alpha value is -1.75. The van der Waals surface area contributed by atoms with E-state index in [9.17, 15) is 4.79 Å². The second-order valence-electron chi connectivity index (χ2n) is 5.15. The highest BCUT2D eigenvalue weighted by molar-refractivity contribution is 5.75. The number of benzene rings is 1. The van der Waals surface area contributed by atoms with Gasteiger partial charge in [-0.15, -0.1) is 12.3 Å². The van der Waals surface area contributed by atoms with E-state index in [0.717, 1.165) is 38.6 Å². The molecule has 2 heteroatoms. The number of unbranched alkanes of at least 4 members (excludes halogenated alkanes) is 2. The van der Waals surface area contributed by atoms with Gasteiger partial charge in [-0.25, -0.2) is 0 Å². The topological polar surface area (TPSA) is 29.1 Å². The van der Waals surface area contributed by atoms with E-state index >= 15 is 0 Å². The molecule has 100 valence electrons. The first-order valence-corrected chi connectivity index (χ1v) is 7.09. The first-order chi connectivity index (χ1) is 9.31. The summed E-state index contributed by atoms with van der Waals surface area (Å²) in [5.41, 5.74) is 2.85. The molecule has 19 heavy (non-hydrogen) atoms. The molecule has 2 nitrogen and oxygen atoms in total. The molecule has 1 aromatic carbocycles. The molecule has 0 aromatic heterocycles. The molecule has 0 saturated heterocycles. The molecule has 1 aliphatic carbocycles. The number of aryl methyl sites for hydroxylation is 1. The third-order valence-corrected chi connectivity index (χ3v) is 3.78. The number of rotatable bonds is 6. The van der Waals surface area contributed by atoms with Gasteiger partial charge in [0.15, 0.2) is 0 Å². The van der Waals surface area contributed by atoms with Gasteiger partial charge in [0.05, 0.1) is 0 Å². The second kappa shape index (κ2) is 6.99. The molecule has 1 aliphatic rings. The predicted octanol–water partition coefficient (Wildman–Crippen LogP) is 3.03. The first kappa shape index (κ1) is 13.7. The number of carbonyl (C=O) groups is 1. The summed E-state index contributed by atoms with van der Waals surface area (Å²) in [6.45, 7) is 0.769. The van der Waals surface area contributed by atoms with Gasteiger partial charge in [-0.3, -0.25) is 4.79 Å². The van der Waals surface area contributed by atoms with E-state index in [1.165, 1.54) is 11.1 Å². The fraction of sp³-hybridized carbons (Fsp3) is 0.471. The summed E-state index contributed by atoms with van der Waals surface area (Å²) in [7, 11) is 0. The zero-order chi connectivity index (χ0) is 13.5. The second-order valence-corrected chi connectivity index (χ2v) is 5.15. The Kier molecular flexibility index (Phi) is 5.03. The van der Waals surface area contributed by atoms with Crippen molar-refractivity contribution in [3.8, 4) is 12.3 Å². The number of hydrogen-bond donors (Lipinski definition) is 1. The Morgan fingerprint density at radius 3 is 3.05 bits per heavy atom. The van der Waals surface area contributed by atoms with Crippen LogP contribution in [0.3, 0.4) is 0 Å². The molecule has 0 saturated carbocycles. The number of hydrogen-bond acceptors (Lipinski definition) is 1. The SMILES string of the molecule is C#CCCCCC(=O)NC[C@@H]1CCc2ccccc21. The van der Waals surface area contributed by atoms with Crippen molar-refractivity contribution in [1.29, 1.82) is 0 Å². The van der Waals surface area contributed by atoms with Crippen LogP contribution in [-0.2, 0) is 11.2 Å². The summed E-state index contributed by atoms with van der Waals surface area (Å²) in [6, 6.07) is 8.55. The van der Waals surface area contributed by atoms with Crippen molar-refractivity contribution in [2.75, 3.05) is 6.54 Å². The van der Waals surface area contributed by atoms with Crippen LogP contribution in [0, 0.1) is 12.3 Å². The summed E-state index contributed by atoms with van der Waals surface area (Å²) >= 11 is 0. The molecule has 1 amide bonds. The lowest BCUT2D eigenvalue weighted by Gasteiger charge is -2.12. The minimum Gasteiger partial charge on any atom is -0.355 e. The Bertz CT molecular complexity index is 472. The molecule has 0 bridgehead atoms. The van der Waals surface area contributed by atoms with Crippen LogP contribution in [0.4, 0.5) is 0 Å². The molecule has 0 radical (unpaired) electrons. The number of carbonyl (C=O) groups excluding carboxylic acids is 1. The molecule has 0 heterocycles. The van der Waals surface area contributed by atoms with Gasteiger partial charge in [0.1, 0.15) is 0 Å². The lowest BCUT2D eigenvalue weighted by molar-refractivity contribution is -0.121. The normalized spacial score (nSPS) is 16.7. The third kappa shape index (κ3) is 3.86. The third-order valence-electron chi connectivity index (χ3n) is 3.78. The van der Waals surface area contributed by atoms with Crippen molar-refractivity contribution in [3.63, 3.8) is 0 Å². The number of terminal acetylenes is 1. The van der Waals surface area contributed by atoms with E-state index in [1.807, 2.05) is 0 Å². The smallest absolute Gasteiger partial charge is 0.220 e. The zero-order valence-electron chi connectivity index (χ0n) is 11.3. The minimum atomic E-state index is 0.154. The highest BCUT2D eigenvalue weighted by atomic mass is 16.1. The average molecular weight is 255 g/mol. The lowest BCUT2D eigenvalue weighted by atomic mass is 10.0. The number of amides is 1. The van der Waals surface area contributed by atoms with Gasteiger partial charge in [0, 0.05) is 25.3 Å². The lowest BCUT2D eigenvalue weighted by Crippen LogP contribution is -2.27. The first-order valence-electron chi connectivity index (χ1n) is 7.09. The van der Waals surface area contributed by atoms with Crippen LogP contribution >= 0.6 is 0 Å². The van der Waals surface area contributed by atoms with Crippen LogP contribution in [0.5, 0.6) is 0 Å². The molecular weight excluding hydrogens is 234 g/mol. The summed E-state index contributed by atoms with van der Waals surface area (Å²) < 4.78 is 0. The maximum atomic E-state index is 11.7. The molecule has 1 aromatic rings. The van der Waals surface area contributed by atoms with Gasteiger partial charge < -0.3 is 5.32 Å². The van der Waals surface area contributed by atoms with Crippen molar-refractivity contribution in [1.82, 2.24) is 5.32 Å².